The topological polar surface area (TPSA) is 69.6 Å². The van der Waals surface area contributed by atoms with Crippen LogP contribution in [0.4, 0.5) is 13.2 Å². The summed E-state index contributed by atoms with van der Waals surface area (Å²) < 4.78 is 35.6. The maximum atomic E-state index is 11.9. The molecule has 0 aromatic rings. The number of aliphatic carboxylic acids is 1. The number of amides is 1. The van der Waals surface area contributed by atoms with Gasteiger partial charge in [-0.25, -0.2) is 0 Å². The molecule has 0 bridgehead atoms. The van der Waals surface area contributed by atoms with Gasteiger partial charge in [-0.15, -0.1) is 0 Å². The van der Waals surface area contributed by atoms with Crippen molar-refractivity contribution in [3.8, 4) is 0 Å². The molecule has 0 aromatic carbocycles. The molecule has 104 valence electrons. The summed E-state index contributed by atoms with van der Waals surface area (Å²) >= 11 is 0. The van der Waals surface area contributed by atoms with Gasteiger partial charge in [0.1, 0.15) is 6.54 Å². The second-order valence-corrected chi connectivity index (χ2v) is 4.72. The third kappa shape index (κ3) is 4.17. The van der Waals surface area contributed by atoms with Crippen molar-refractivity contribution in [3.63, 3.8) is 0 Å². The van der Waals surface area contributed by atoms with Crippen LogP contribution < -0.4 is 5.32 Å². The molecule has 1 aliphatic heterocycles. The Morgan fingerprint density at radius 1 is 1.44 bits per heavy atom. The Bertz CT molecular complexity index is 346. The number of halogens is 3. The highest BCUT2D eigenvalue weighted by Crippen LogP contribution is 2.29. The molecule has 1 heterocycles. The summed E-state index contributed by atoms with van der Waals surface area (Å²) in [6.45, 7) is 0.543. The van der Waals surface area contributed by atoms with Gasteiger partial charge in [-0.3, -0.25) is 14.5 Å². The quantitative estimate of drug-likeness (QED) is 0.777. The van der Waals surface area contributed by atoms with Crippen molar-refractivity contribution >= 4 is 11.9 Å². The van der Waals surface area contributed by atoms with Crippen LogP contribution in [-0.2, 0) is 9.59 Å². The molecule has 18 heavy (non-hydrogen) atoms. The highest BCUT2D eigenvalue weighted by atomic mass is 19.4. The van der Waals surface area contributed by atoms with Crippen LogP contribution in [0.2, 0.25) is 0 Å². The van der Waals surface area contributed by atoms with E-state index >= 15 is 0 Å². The van der Waals surface area contributed by atoms with Gasteiger partial charge in [0, 0.05) is 6.54 Å². The van der Waals surface area contributed by atoms with Gasteiger partial charge < -0.3 is 10.4 Å². The Morgan fingerprint density at radius 2 is 2.06 bits per heavy atom. The SMILES string of the molecule is CC1(C(=O)O)CCN(CC(=O)NCC(F)(F)F)C1. The van der Waals surface area contributed by atoms with Gasteiger partial charge in [0.05, 0.1) is 12.0 Å². The average Bonchev–Trinajstić information content (AvgIpc) is 2.58. The molecule has 0 spiro atoms. The molecule has 1 rings (SSSR count). The number of alkyl halides is 3. The summed E-state index contributed by atoms with van der Waals surface area (Å²) in [4.78, 5) is 23.7. The van der Waals surface area contributed by atoms with E-state index in [0.717, 1.165) is 0 Å². The van der Waals surface area contributed by atoms with Crippen molar-refractivity contribution in [2.75, 3.05) is 26.2 Å². The predicted octanol–water partition coefficient (Wildman–Crippen LogP) is 0.461. The minimum Gasteiger partial charge on any atom is -0.481 e. The highest BCUT2D eigenvalue weighted by molar-refractivity contribution is 5.79. The molecule has 0 aromatic heterocycles. The molecule has 1 saturated heterocycles. The largest absolute Gasteiger partial charge is 0.481 e. The molecule has 8 heteroatoms. The number of carbonyl (C=O) groups is 2. The standard InChI is InChI=1S/C10H15F3N2O3/c1-9(8(17)18)2-3-15(6-9)4-7(16)14-5-10(11,12)13/h2-6H2,1H3,(H,14,16)(H,17,18). The summed E-state index contributed by atoms with van der Waals surface area (Å²) in [5, 5.41) is 10.7. The van der Waals surface area contributed by atoms with Crippen LogP contribution in [0.25, 0.3) is 0 Å². The summed E-state index contributed by atoms with van der Waals surface area (Å²) in [5.41, 5.74) is -0.926. The fraction of sp³-hybridized carbons (Fsp3) is 0.800. The molecular formula is C10H15F3N2O3. The smallest absolute Gasteiger partial charge is 0.405 e. The third-order valence-corrected chi connectivity index (χ3v) is 2.92. The maximum Gasteiger partial charge on any atom is 0.405 e. The number of nitrogens with zero attached hydrogens (tertiary/aromatic N) is 1. The van der Waals surface area contributed by atoms with Crippen LogP contribution in [0.3, 0.4) is 0 Å². The molecule has 0 aliphatic carbocycles. The zero-order chi connectivity index (χ0) is 14.0. The van der Waals surface area contributed by atoms with Crippen molar-refractivity contribution in [3.05, 3.63) is 0 Å². The van der Waals surface area contributed by atoms with Crippen molar-refractivity contribution in [2.45, 2.75) is 19.5 Å². The lowest BCUT2D eigenvalue weighted by Crippen LogP contribution is -2.41. The monoisotopic (exact) mass is 268 g/mol. The van der Waals surface area contributed by atoms with Gasteiger partial charge in [0.25, 0.3) is 0 Å². The fourth-order valence-electron chi connectivity index (χ4n) is 1.82. The fourth-order valence-corrected chi connectivity index (χ4v) is 1.82. The van der Waals surface area contributed by atoms with Crippen molar-refractivity contribution < 1.29 is 27.9 Å². The van der Waals surface area contributed by atoms with Crippen LogP contribution in [0.15, 0.2) is 0 Å². The van der Waals surface area contributed by atoms with E-state index in [0.29, 0.717) is 13.0 Å². The van der Waals surface area contributed by atoms with Crippen LogP contribution >= 0.6 is 0 Å². The molecular weight excluding hydrogens is 253 g/mol. The molecule has 2 N–H and O–H groups in total. The minimum atomic E-state index is -4.43. The number of likely N-dealkylation sites (tertiary alicyclic amines) is 1. The van der Waals surface area contributed by atoms with Crippen LogP contribution in [-0.4, -0.2) is 54.2 Å². The molecule has 1 fully saturated rings. The Kier molecular flexibility index (Phi) is 4.20. The first-order chi connectivity index (χ1) is 8.12. The lowest BCUT2D eigenvalue weighted by Gasteiger charge is -2.19. The van der Waals surface area contributed by atoms with Gasteiger partial charge in [0.2, 0.25) is 5.91 Å². The van der Waals surface area contributed by atoms with Gasteiger partial charge in [-0.1, -0.05) is 0 Å². The normalized spacial score (nSPS) is 25.1. The van der Waals surface area contributed by atoms with Crippen LogP contribution in [0.1, 0.15) is 13.3 Å². The summed E-state index contributed by atoms with van der Waals surface area (Å²) in [6.07, 6.45) is -4.05. The summed E-state index contributed by atoms with van der Waals surface area (Å²) in [5.74, 6) is -1.71. The zero-order valence-electron chi connectivity index (χ0n) is 9.88. The first-order valence-electron chi connectivity index (χ1n) is 5.42. The molecule has 0 saturated carbocycles. The first-order valence-corrected chi connectivity index (χ1v) is 5.42. The van der Waals surface area contributed by atoms with Crippen molar-refractivity contribution in [1.29, 1.82) is 0 Å². The van der Waals surface area contributed by atoms with Gasteiger partial charge in [-0.05, 0) is 19.9 Å². The number of carboxylic acid groups (broad SMARTS) is 1. The van der Waals surface area contributed by atoms with E-state index in [1.807, 2.05) is 0 Å². The zero-order valence-corrected chi connectivity index (χ0v) is 9.88. The van der Waals surface area contributed by atoms with Gasteiger partial charge in [0.15, 0.2) is 0 Å². The van der Waals surface area contributed by atoms with E-state index < -0.39 is 30.0 Å². The number of rotatable bonds is 4. The molecule has 1 unspecified atom stereocenters. The predicted molar refractivity (Wildman–Crippen MR) is 55.9 cm³/mol. The van der Waals surface area contributed by atoms with E-state index in [1.165, 1.54) is 0 Å². The lowest BCUT2D eigenvalue weighted by molar-refractivity contribution is -0.147. The number of hydrogen-bond acceptors (Lipinski definition) is 3. The lowest BCUT2D eigenvalue weighted by atomic mass is 9.90. The Morgan fingerprint density at radius 3 is 2.50 bits per heavy atom. The van der Waals surface area contributed by atoms with E-state index in [1.54, 1.807) is 17.1 Å². The second kappa shape index (κ2) is 5.13. The Hall–Kier alpha value is -1.31. The molecule has 0 radical (unpaired) electrons. The third-order valence-electron chi connectivity index (χ3n) is 2.92. The van der Waals surface area contributed by atoms with Gasteiger partial charge in [-0.2, -0.15) is 13.2 Å². The van der Waals surface area contributed by atoms with E-state index in [2.05, 4.69) is 0 Å². The van der Waals surface area contributed by atoms with E-state index in [9.17, 15) is 22.8 Å². The Balaban J connectivity index is 2.37. The van der Waals surface area contributed by atoms with Gasteiger partial charge >= 0.3 is 12.1 Å². The average molecular weight is 268 g/mol. The van der Waals surface area contributed by atoms with Crippen molar-refractivity contribution in [1.82, 2.24) is 10.2 Å². The summed E-state index contributed by atoms with van der Waals surface area (Å²) in [7, 11) is 0. The Labute approximate surface area is 102 Å². The maximum absolute atomic E-state index is 11.9. The van der Waals surface area contributed by atoms with Crippen LogP contribution in [0, 0.1) is 5.41 Å². The van der Waals surface area contributed by atoms with Crippen molar-refractivity contribution in [2.24, 2.45) is 5.41 Å². The number of carboxylic acids is 1. The molecule has 5 nitrogen and oxygen atoms in total. The van der Waals surface area contributed by atoms with Crippen LogP contribution in [0.5, 0.6) is 0 Å². The van der Waals surface area contributed by atoms with E-state index in [4.69, 9.17) is 5.11 Å². The number of nitrogens with one attached hydrogen (secondary N) is 1. The molecule has 1 aliphatic rings. The minimum absolute atomic E-state index is 0.168. The molecule has 1 amide bonds. The summed E-state index contributed by atoms with van der Waals surface area (Å²) in [6, 6.07) is 0. The number of hydrogen-bond donors (Lipinski definition) is 2. The molecule has 1 atom stereocenters. The highest BCUT2D eigenvalue weighted by Gasteiger charge is 2.40. The number of carbonyl (C=O) groups excluding carboxylic acids is 1. The first kappa shape index (κ1) is 14.7. The second-order valence-electron chi connectivity index (χ2n) is 4.72. The van der Waals surface area contributed by atoms with E-state index in [-0.39, 0.29) is 13.1 Å².